The zero-order chi connectivity index (χ0) is 24.1. The van der Waals surface area contributed by atoms with Gasteiger partial charge in [-0.25, -0.2) is 0 Å². The highest BCUT2D eigenvalue weighted by atomic mass is 32.2. The Balaban J connectivity index is 2.33. The van der Waals surface area contributed by atoms with Gasteiger partial charge in [0.2, 0.25) is 0 Å². The van der Waals surface area contributed by atoms with E-state index >= 15 is 0 Å². The average molecular weight is 503 g/mol. The number of nitrogens with two attached hydrogens (primary N) is 1. The van der Waals surface area contributed by atoms with Crippen molar-refractivity contribution in [3.63, 3.8) is 0 Å². The number of hydrogen-bond donors (Lipinski definition) is 5. The molecule has 0 aliphatic heterocycles. The summed E-state index contributed by atoms with van der Waals surface area (Å²) in [5.41, 5.74) is 4.42. The molecule has 3 aromatic carbocycles. The lowest BCUT2D eigenvalue weighted by Gasteiger charge is -2.11. The van der Waals surface area contributed by atoms with E-state index < -0.39 is 62.2 Å². The monoisotopic (exact) mass is 503 g/mol. The molecule has 0 unspecified atom stereocenters. The van der Waals surface area contributed by atoms with E-state index in [0.29, 0.717) is 18.2 Å². The van der Waals surface area contributed by atoms with Crippen LogP contribution < -0.4 is 5.73 Å². The van der Waals surface area contributed by atoms with E-state index in [1.165, 1.54) is 18.2 Å². The predicted molar refractivity (Wildman–Crippen MR) is 110 cm³/mol. The average Bonchev–Trinajstić information content (AvgIpc) is 2.64. The summed E-state index contributed by atoms with van der Waals surface area (Å²) in [6, 6.07) is 6.44. The highest BCUT2D eigenvalue weighted by Gasteiger charge is 2.22. The molecule has 0 heterocycles. The molecule has 0 saturated carbocycles. The lowest BCUT2D eigenvalue weighted by Crippen LogP contribution is -2.02. The molecule has 0 spiro atoms. The van der Waals surface area contributed by atoms with E-state index in [4.69, 9.17) is 10.3 Å². The molecule has 0 aliphatic rings. The first-order valence-corrected chi connectivity index (χ1v) is 12.4. The molecule has 0 fully saturated rings. The van der Waals surface area contributed by atoms with Crippen LogP contribution in [0.4, 0.5) is 17.1 Å². The topological polar surface area (TPSA) is 234 Å². The Morgan fingerprint density at radius 1 is 0.719 bits per heavy atom. The Labute approximate surface area is 181 Å². The molecule has 0 radical (unpaired) electrons. The number of aromatic hydroxyl groups is 1. The number of phenols is 1. The molecule has 13 nitrogen and oxygen atoms in total. The van der Waals surface area contributed by atoms with Gasteiger partial charge in [0.25, 0.3) is 30.4 Å². The highest BCUT2D eigenvalue weighted by molar-refractivity contribution is 7.86. The van der Waals surface area contributed by atoms with Crippen molar-refractivity contribution in [1.82, 2.24) is 0 Å². The normalized spacial score (nSPS) is 13.1. The fourth-order valence-corrected chi connectivity index (χ4v) is 4.61. The van der Waals surface area contributed by atoms with Crippen LogP contribution in [0.3, 0.4) is 0 Å². The molecule has 0 aromatic heterocycles. The number of nitrogen functional groups attached to an aromatic ring is 1. The zero-order valence-electron chi connectivity index (χ0n) is 15.5. The van der Waals surface area contributed by atoms with Crippen molar-refractivity contribution >= 4 is 58.2 Å². The Morgan fingerprint density at radius 2 is 1.31 bits per heavy atom. The number of anilines is 1. The fraction of sp³-hybridized carbons (Fsp3) is 0. The summed E-state index contributed by atoms with van der Waals surface area (Å²) >= 11 is 0. The van der Waals surface area contributed by atoms with Gasteiger partial charge >= 0.3 is 0 Å². The van der Waals surface area contributed by atoms with E-state index in [0.717, 1.165) is 6.07 Å². The number of fused-ring (bicyclic) bond motifs is 1. The standard InChI is InChI=1S/C16H13N3O10S3/c17-16-11(7-14(32(27,28)29)9-2-1-3-12(20)15(9)16)19-18-10-6-8(30(21,22)23)4-5-13(10)31(24,25)26/h1-7,20H,17H2,(H,21,22,23)(H,24,25,26)(H,27,28,29). The van der Waals surface area contributed by atoms with Crippen LogP contribution in [0.5, 0.6) is 5.75 Å². The van der Waals surface area contributed by atoms with Crippen molar-refractivity contribution in [2.75, 3.05) is 5.73 Å². The lowest BCUT2D eigenvalue weighted by molar-refractivity contribution is 0.478. The van der Waals surface area contributed by atoms with Gasteiger partial charge in [-0.15, -0.1) is 10.2 Å². The van der Waals surface area contributed by atoms with Gasteiger partial charge in [0.05, 0.1) is 16.0 Å². The Morgan fingerprint density at radius 3 is 1.88 bits per heavy atom. The van der Waals surface area contributed by atoms with E-state index in [2.05, 4.69) is 10.2 Å². The van der Waals surface area contributed by atoms with Crippen LogP contribution >= 0.6 is 0 Å². The molecule has 0 bridgehead atoms. The summed E-state index contributed by atoms with van der Waals surface area (Å²) in [5.74, 6) is -0.464. The fourth-order valence-electron chi connectivity index (χ4n) is 2.79. The zero-order valence-corrected chi connectivity index (χ0v) is 17.9. The SMILES string of the molecule is Nc1c(N=Nc2cc(S(=O)(=O)O)ccc2S(=O)(=O)O)cc(S(=O)(=O)O)c2cccc(O)c12. The van der Waals surface area contributed by atoms with Crippen LogP contribution in [0.1, 0.15) is 0 Å². The highest BCUT2D eigenvalue weighted by Crippen LogP contribution is 2.41. The summed E-state index contributed by atoms with van der Waals surface area (Å²) < 4.78 is 97.4. The van der Waals surface area contributed by atoms with Gasteiger partial charge in [-0.1, -0.05) is 12.1 Å². The smallest absolute Gasteiger partial charge is 0.296 e. The summed E-state index contributed by atoms with van der Waals surface area (Å²) in [4.78, 5) is -2.36. The molecule has 0 atom stereocenters. The van der Waals surface area contributed by atoms with Gasteiger partial charge in [-0.05, 0) is 30.3 Å². The second-order valence-electron chi connectivity index (χ2n) is 6.26. The number of rotatable bonds is 5. The van der Waals surface area contributed by atoms with Crippen molar-refractivity contribution in [3.8, 4) is 5.75 Å². The van der Waals surface area contributed by atoms with Crippen LogP contribution in [0.15, 0.2) is 67.4 Å². The Kier molecular flexibility index (Phi) is 5.71. The number of phenolic OH excluding ortho intramolecular Hbond substituents is 1. The summed E-state index contributed by atoms with van der Waals surface area (Å²) in [7, 11) is -14.6. The van der Waals surface area contributed by atoms with Crippen molar-refractivity contribution < 1.29 is 44.0 Å². The van der Waals surface area contributed by atoms with Gasteiger partial charge in [-0.2, -0.15) is 25.3 Å². The van der Waals surface area contributed by atoms with E-state index in [1.54, 1.807) is 0 Å². The molecule has 16 heteroatoms. The minimum Gasteiger partial charge on any atom is -0.507 e. The molecule has 0 saturated heterocycles. The first-order valence-electron chi connectivity index (χ1n) is 8.13. The second kappa shape index (κ2) is 7.76. The van der Waals surface area contributed by atoms with Gasteiger partial charge in [-0.3, -0.25) is 13.7 Å². The molecule has 0 amide bonds. The largest absolute Gasteiger partial charge is 0.507 e. The third-order valence-corrected chi connectivity index (χ3v) is 6.81. The van der Waals surface area contributed by atoms with E-state index in [-0.39, 0.29) is 16.5 Å². The summed E-state index contributed by atoms with van der Waals surface area (Å²) in [6.07, 6.45) is 0. The predicted octanol–water partition coefficient (Wildman–Crippen LogP) is 2.28. The van der Waals surface area contributed by atoms with Crippen molar-refractivity contribution in [3.05, 3.63) is 42.5 Å². The third-order valence-electron chi connectivity index (χ3n) is 4.17. The van der Waals surface area contributed by atoms with Crippen LogP contribution in [0.2, 0.25) is 0 Å². The molecule has 32 heavy (non-hydrogen) atoms. The lowest BCUT2D eigenvalue weighted by atomic mass is 10.1. The Bertz CT molecular complexity index is 1610. The summed E-state index contributed by atoms with van der Waals surface area (Å²) in [6.45, 7) is 0. The second-order valence-corrected chi connectivity index (χ2v) is 10.5. The van der Waals surface area contributed by atoms with E-state index in [1.807, 2.05) is 0 Å². The van der Waals surface area contributed by atoms with Crippen LogP contribution in [-0.2, 0) is 30.4 Å². The van der Waals surface area contributed by atoms with Gasteiger partial charge in [0.1, 0.15) is 26.9 Å². The quantitative estimate of drug-likeness (QED) is 0.192. The van der Waals surface area contributed by atoms with Crippen LogP contribution in [0, 0.1) is 0 Å². The molecular weight excluding hydrogens is 490 g/mol. The number of benzene rings is 3. The number of hydrogen-bond acceptors (Lipinski definition) is 10. The minimum atomic E-state index is -4.92. The van der Waals surface area contributed by atoms with Crippen molar-refractivity contribution in [1.29, 1.82) is 0 Å². The molecule has 3 rings (SSSR count). The first kappa shape index (κ1) is 23.5. The minimum absolute atomic E-state index is 0.143. The maximum Gasteiger partial charge on any atom is 0.296 e. The third kappa shape index (κ3) is 4.54. The van der Waals surface area contributed by atoms with Crippen LogP contribution in [-0.4, -0.2) is 44.0 Å². The molecule has 0 aliphatic carbocycles. The molecule has 6 N–H and O–H groups in total. The maximum atomic E-state index is 11.8. The van der Waals surface area contributed by atoms with Crippen molar-refractivity contribution in [2.24, 2.45) is 10.2 Å². The van der Waals surface area contributed by atoms with E-state index in [9.17, 15) is 39.5 Å². The Hall–Kier alpha value is -3.15. The number of azo groups is 1. The number of nitrogens with zero attached hydrogens (tertiary/aromatic N) is 2. The molecular formula is C16H13N3O10S3. The van der Waals surface area contributed by atoms with Crippen LogP contribution in [0.25, 0.3) is 10.8 Å². The summed E-state index contributed by atoms with van der Waals surface area (Å²) in [5, 5.41) is 16.9. The van der Waals surface area contributed by atoms with Gasteiger partial charge < -0.3 is 10.8 Å². The first-order chi connectivity index (χ1) is 14.6. The van der Waals surface area contributed by atoms with Gasteiger partial charge in [0.15, 0.2) is 0 Å². The van der Waals surface area contributed by atoms with Gasteiger partial charge in [0, 0.05) is 5.39 Å². The maximum absolute atomic E-state index is 11.8. The van der Waals surface area contributed by atoms with Crippen molar-refractivity contribution in [2.45, 2.75) is 14.7 Å². The molecule has 170 valence electrons. The molecule has 3 aromatic rings.